The van der Waals surface area contributed by atoms with Crippen molar-refractivity contribution in [2.75, 3.05) is 36.5 Å². The number of allylic oxidation sites excluding steroid dienone is 2. The van der Waals surface area contributed by atoms with E-state index in [4.69, 9.17) is 0 Å². The van der Waals surface area contributed by atoms with E-state index in [0.29, 0.717) is 80.1 Å². The lowest BCUT2D eigenvalue weighted by molar-refractivity contribution is -0.0886. The van der Waals surface area contributed by atoms with E-state index < -0.39 is 39.1 Å². The number of alkyl halides is 2. The SMILES string of the molecule is CC1C/C=C\CCn2c(=O)c(C3CCS(=O)(=O)CC3)cc3c(ncnc32)N[C@H](C)c2cccc(c2F)C(F)(F)C2CCN(CC2)C1. The van der Waals surface area contributed by atoms with Crippen LogP contribution in [0.4, 0.5) is 19.0 Å². The number of sulfone groups is 1. The maximum Gasteiger partial charge on any atom is 0.278 e. The molecule has 7 rings (SSSR count). The Labute approximate surface area is 268 Å². The molecule has 2 saturated heterocycles. The highest BCUT2D eigenvalue weighted by Gasteiger charge is 2.45. The Balaban J connectivity index is 1.44. The largest absolute Gasteiger partial charge is 0.363 e. The summed E-state index contributed by atoms with van der Waals surface area (Å²) < 4.78 is 73.8. The lowest BCUT2D eigenvalue weighted by atomic mass is 9.85. The van der Waals surface area contributed by atoms with E-state index in [0.717, 1.165) is 13.0 Å². The van der Waals surface area contributed by atoms with Crippen molar-refractivity contribution < 1.29 is 21.6 Å². The summed E-state index contributed by atoms with van der Waals surface area (Å²) in [7, 11) is -3.14. The fourth-order valence-corrected chi connectivity index (χ4v) is 8.80. The molecule has 0 spiro atoms. The number of anilines is 1. The number of pyridine rings is 1. The third kappa shape index (κ3) is 6.60. The highest BCUT2D eigenvalue weighted by Crippen LogP contribution is 2.44. The van der Waals surface area contributed by atoms with Crippen LogP contribution in [0.1, 0.15) is 81.0 Å². The molecule has 0 amide bonds. The minimum atomic E-state index is -3.32. The Morgan fingerprint density at radius 1 is 0.978 bits per heavy atom. The Hall–Kier alpha value is -3.25. The van der Waals surface area contributed by atoms with E-state index in [-0.39, 0.29) is 28.5 Å². The van der Waals surface area contributed by atoms with Crippen LogP contribution in [0.2, 0.25) is 0 Å². The Kier molecular flexibility index (Phi) is 9.31. The lowest BCUT2D eigenvalue weighted by Gasteiger charge is -2.37. The molecule has 8 nitrogen and oxygen atoms in total. The van der Waals surface area contributed by atoms with Gasteiger partial charge in [0.25, 0.3) is 11.5 Å². The summed E-state index contributed by atoms with van der Waals surface area (Å²) in [4.78, 5) is 25.0. The second-order valence-electron chi connectivity index (χ2n) is 13.3. The highest BCUT2D eigenvalue weighted by atomic mass is 32.2. The van der Waals surface area contributed by atoms with E-state index >= 15 is 13.2 Å². The first-order valence-electron chi connectivity index (χ1n) is 16.3. The van der Waals surface area contributed by atoms with Crippen LogP contribution < -0.4 is 10.9 Å². The number of hydrogen-bond acceptors (Lipinski definition) is 7. The van der Waals surface area contributed by atoms with Crippen molar-refractivity contribution in [1.82, 2.24) is 19.4 Å². The topological polar surface area (TPSA) is 97.2 Å². The van der Waals surface area contributed by atoms with Crippen LogP contribution in [-0.2, 0) is 22.3 Å². The van der Waals surface area contributed by atoms with Crippen molar-refractivity contribution in [1.29, 1.82) is 0 Å². The van der Waals surface area contributed by atoms with E-state index in [1.807, 2.05) is 0 Å². The summed E-state index contributed by atoms with van der Waals surface area (Å²) in [6.45, 7) is 6.08. The number of benzene rings is 1. The molecule has 12 heteroatoms. The first-order chi connectivity index (χ1) is 21.9. The molecule has 2 aromatic heterocycles. The molecule has 0 radical (unpaired) electrons. The van der Waals surface area contributed by atoms with Gasteiger partial charge >= 0.3 is 0 Å². The van der Waals surface area contributed by atoms with E-state index in [1.165, 1.54) is 24.5 Å². The quantitative estimate of drug-likeness (QED) is 0.312. The number of hydrogen-bond donors (Lipinski definition) is 1. The molecule has 1 unspecified atom stereocenters. The highest BCUT2D eigenvalue weighted by molar-refractivity contribution is 7.91. The monoisotopic (exact) mass is 657 g/mol. The Morgan fingerprint density at radius 2 is 1.72 bits per heavy atom. The van der Waals surface area contributed by atoms with Gasteiger partial charge in [-0.1, -0.05) is 37.3 Å². The van der Waals surface area contributed by atoms with Gasteiger partial charge < -0.3 is 10.2 Å². The summed E-state index contributed by atoms with van der Waals surface area (Å²) in [5.74, 6) is -4.76. The van der Waals surface area contributed by atoms with Crippen molar-refractivity contribution in [2.24, 2.45) is 11.8 Å². The van der Waals surface area contributed by atoms with Crippen LogP contribution in [0.3, 0.4) is 0 Å². The van der Waals surface area contributed by atoms with Crippen molar-refractivity contribution in [3.05, 3.63) is 75.6 Å². The second kappa shape index (κ2) is 13.1. The fourth-order valence-electron chi connectivity index (χ4n) is 7.31. The Bertz CT molecular complexity index is 1770. The molecular formula is C34H42F3N5O3S. The van der Waals surface area contributed by atoms with Gasteiger partial charge in [0.2, 0.25) is 0 Å². The predicted molar refractivity (Wildman–Crippen MR) is 173 cm³/mol. The molecule has 248 valence electrons. The summed E-state index contributed by atoms with van der Waals surface area (Å²) in [5.41, 5.74) is 0.204. The zero-order valence-electron chi connectivity index (χ0n) is 26.4. The number of nitrogens with zero attached hydrogens (tertiary/aromatic N) is 4. The lowest BCUT2D eigenvalue weighted by Crippen LogP contribution is -2.41. The summed E-state index contributed by atoms with van der Waals surface area (Å²) in [6.07, 6.45) is 8.19. The number of piperidine rings is 1. The van der Waals surface area contributed by atoms with Crippen LogP contribution in [0, 0.1) is 17.7 Å². The maximum atomic E-state index is 16.0. The Morgan fingerprint density at radius 3 is 2.46 bits per heavy atom. The van der Waals surface area contributed by atoms with Crippen LogP contribution in [-0.4, -0.2) is 59.0 Å². The molecule has 0 aliphatic carbocycles. The summed E-state index contributed by atoms with van der Waals surface area (Å²) in [5, 5.41) is 3.75. The third-order valence-electron chi connectivity index (χ3n) is 10.0. The van der Waals surface area contributed by atoms with E-state index in [9.17, 15) is 13.2 Å². The van der Waals surface area contributed by atoms with Gasteiger partial charge in [-0.25, -0.2) is 31.6 Å². The molecule has 2 fully saturated rings. The van der Waals surface area contributed by atoms with Crippen molar-refractivity contribution >= 4 is 26.7 Å². The summed E-state index contributed by atoms with van der Waals surface area (Å²) in [6, 6.07) is 5.16. The smallest absolute Gasteiger partial charge is 0.278 e. The predicted octanol–water partition coefficient (Wildman–Crippen LogP) is 6.19. The van der Waals surface area contributed by atoms with Crippen LogP contribution in [0.15, 0.2) is 47.5 Å². The first kappa shape index (κ1) is 32.7. The van der Waals surface area contributed by atoms with E-state index in [2.05, 4.69) is 39.3 Å². The first-order valence-corrected chi connectivity index (χ1v) is 18.2. The average molecular weight is 658 g/mol. The number of rotatable bonds is 1. The molecule has 0 saturated carbocycles. The van der Waals surface area contributed by atoms with Gasteiger partial charge in [-0.05, 0) is 76.4 Å². The van der Waals surface area contributed by atoms with E-state index in [1.54, 1.807) is 17.6 Å². The van der Waals surface area contributed by atoms with Gasteiger partial charge in [-0.15, -0.1) is 0 Å². The zero-order valence-corrected chi connectivity index (χ0v) is 27.2. The normalized spacial score (nSPS) is 27.9. The molecule has 1 aromatic carbocycles. The standard InChI is InChI=1S/C34H42F3N5O3S/c1-22-7-4-3-5-14-42-32-28(19-27(33(42)43)24-12-17-46(44,45)18-13-24)31(38-21-39-32)40-23(2)26-8-6-9-29(30(26)35)34(36,37)25-10-15-41(20-22)16-11-25/h3-4,6,8-9,19,21-25H,5,7,10-18,20H2,1-2H3,(H,38,39,40)/b4-3-/t22?,23-/m1/s1. The molecule has 3 aromatic rings. The molecule has 8 bridgehead atoms. The van der Waals surface area contributed by atoms with Gasteiger partial charge in [-0.2, -0.15) is 0 Å². The minimum Gasteiger partial charge on any atom is -0.363 e. The molecule has 4 aliphatic heterocycles. The van der Waals surface area contributed by atoms with Gasteiger partial charge in [0.15, 0.2) is 0 Å². The molecular weight excluding hydrogens is 615 g/mol. The minimum absolute atomic E-state index is 0.0159. The van der Waals surface area contributed by atoms with Crippen molar-refractivity contribution in [3.8, 4) is 0 Å². The van der Waals surface area contributed by atoms with Crippen molar-refractivity contribution in [3.63, 3.8) is 0 Å². The van der Waals surface area contributed by atoms with Crippen LogP contribution in [0.25, 0.3) is 11.0 Å². The second-order valence-corrected chi connectivity index (χ2v) is 15.6. The molecule has 46 heavy (non-hydrogen) atoms. The molecule has 6 heterocycles. The number of aromatic nitrogens is 3. The number of halogens is 3. The molecule has 2 atom stereocenters. The number of nitrogens with one attached hydrogen (secondary N) is 1. The van der Waals surface area contributed by atoms with Gasteiger partial charge in [-0.3, -0.25) is 9.36 Å². The zero-order chi connectivity index (χ0) is 32.6. The van der Waals surface area contributed by atoms with Crippen LogP contribution in [0.5, 0.6) is 0 Å². The number of fused-ring (bicyclic) bond motifs is 8. The van der Waals surface area contributed by atoms with Gasteiger partial charge in [0, 0.05) is 30.1 Å². The maximum absolute atomic E-state index is 16.0. The molecule has 4 aliphatic rings. The summed E-state index contributed by atoms with van der Waals surface area (Å²) >= 11 is 0. The average Bonchev–Trinajstić information content (AvgIpc) is 3.02. The fraction of sp³-hybridized carbons (Fsp3) is 0.559. The molecule has 1 N–H and O–H groups in total. The number of aryl methyl sites for hydroxylation is 1. The third-order valence-corrected chi connectivity index (χ3v) is 11.7. The van der Waals surface area contributed by atoms with Gasteiger partial charge in [0.1, 0.15) is 33.4 Å². The van der Waals surface area contributed by atoms with Crippen molar-refractivity contribution in [2.45, 2.75) is 76.8 Å². The van der Waals surface area contributed by atoms with Crippen LogP contribution >= 0.6 is 0 Å². The van der Waals surface area contributed by atoms with Gasteiger partial charge in [0.05, 0.1) is 28.5 Å².